The van der Waals surface area contributed by atoms with Crippen molar-refractivity contribution in [1.82, 2.24) is 4.98 Å². The molecular formula is C18H22N2O2S. The highest BCUT2D eigenvalue weighted by Gasteiger charge is 2.17. The fourth-order valence-electron chi connectivity index (χ4n) is 2.85. The summed E-state index contributed by atoms with van der Waals surface area (Å²) in [6, 6.07) is 4.09. The lowest BCUT2D eigenvalue weighted by atomic mass is 10.0. The highest BCUT2D eigenvalue weighted by atomic mass is 32.1. The second-order valence-electron chi connectivity index (χ2n) is 6.09. The first kappa shape index (κ1) is 16.0. The quantitative estimate of drug-likeness (QED) is 0.923. The molecule has 0 spiro atoms. The molecule has 23 heavy (non-hydrogen) atoms. The van der Waals surface area contributed by atoms with E-state index >= 15 is 0 Å². The molecule has 1 aliphatic rings. The Balaban J connectivity index is 1.62. The number of rotatable bonds is 4. The zero-order valence-corrected chi connectivity index (χ0v) is 14.7. The highest BCUT2D eigenvalue weighted by Crippen LogP contribution is 2.29. The molecule has 2 aromatic rings. The molecule has 122 valence electrons. The minimum atomic E-state index is -0.156. The van der Waals surface area contributed by atoms with E-state index in [1.54, 1.807) is 11.3 Å². The minimum Gasteiger partial charge on any atom is -0.483 e. The van der Waals surface area contributed by atoms with Crippen LogP contribution in [0.1, 0.15) is 40.1 Å². The summed E-state index contributed by atoms with van der Waals surface area (Å²) < 4.78 is 5.75. The van der Waals surface area contributed by atoms with Gasteiger partial charge in [0.2, 0.25) is 0 Å². The molecule has 1 N–H and O–H groups in total. The standard InChI is InChI=1S/C18H22N2O2S/c1-11-8-9-12(2)17(13(11)3)22-10-16(21)20-18-19-14-6-4-5-7-15(14)23-18/h8-9H,4-7,10H2,1-3H3,(H,19,20,21). The molecule has 0 bridgehead atoms. The molecule has 0 saturated heterocycles. The van der Waals surface area contributed by atoms with E-state index in [1.165, 1.54) is 23.3 Å². The Kier molecular flexibility index (Phi) is 4.66. The van der Waals surface area contributed by atoms with Crippen LogP contribution in [0.4, 0.5) is 5.13 Å². The molecule has 4 nitrogen and oxygen atoms in total. The summed E-state index contributed by atoms with van der Waals surface area (Å²) in [7, 11) is 0. The Morgan fingerprint density at radius 1 is 1.22 bits per heavy atom. The lowest BCUT2D eigenvalue weighted by molar-refractivity contribution is -0.118. The van der Waals surface area contributed by atoms with Crippen LogP contribution in [0.25, 0.3) is 0 Å². The number of amides is 1. The summed E-state index contributed by atoms with van der Waals surface area (Å²) in [6.45, 7) is 6.07. The van der Waals surface area contributed by atoms with E-state index in [0.717, 1.165) is 35.4 Å². The Bertz CT molecular complexity index is 713. The molecule has 0 unspecified atom stereocenters. The van der Waals surface area contributed by atoms with Crippen LogP contribution in [0.15, 0.2) is 12.1 Å². The van der Waals surface area contributed by atoms with Gasteiger partial charge in [0.25, 0.3) is 5.91 Å². The first-order valence-electron chi connectivity index (χ1n) is 8.02. The van der Waals surface area contributed by atoms with Crippen LogP contribution in [-0.4, -0.2) is 17.5 Å². The third kappa shape index (κ3) is 3.55. The van der Waals surface area contributed by atoms with Crippen molar-refractivity contribution in [2.75, 3.05) is 11.9 Å². The zero-order valence-electron chi connectivity index (χ0n) is 13.9. The number of thiazole rings is 1. The number of fused-ring (bicyclic) bond motifs is 1. The first-order chi connectivity index (χ1) is 11.0. The molecular weight excluding hydrogens is 308 g/mol. The summed E-state index contributed by atoms with van der Waals surface area (Å²) in [5.74, 6) is 0.648. The van der Waals surface area contributed by atoms with Gasteiger partial charge in [0.1, 0.15) is 5.75 Å². The van der Waals surface area contributed by atoms with E-state index < -0.39 is 0 Å². The van der Waals surface area contributed by atoms with Crippen molar-refractivity contribution in [3.8, 4) is 5.75 Å². The van der Waals surface area contributed by atoms with E-state index in [9.17, 15) is 4.79 Å². The molecule has 0 aliphatic heterocycles. The zero-order chi connectivity index (χ0) is 16.4. The van der Waals surface area contributed by atoms with Gasteiger partial charge in [-0.1, -0.05) is 12.1 Å². The van der Waals surface area contributed by atoms with Crippen molar-refractivity contribution < 1.29 is 9.53 Å². The number of carbonyl (C=O) groups excluding carboxylic acids is 1. The number of hydrogen-bond donors (Lipinski definition) is 1. The molecule has 0 fully saturated rings. The van der Waals surface area contributed by atoms with Gasteiger partial charge in [-0.25, -0.2) is 4.98 Å². The molecule has 5 heteroatoms. The monoisotopic (exact) mass is 330 g/mol. The first-order valence-corrected chi connectivity index (χ1v) is 8.84. The van der Waals surface area contributed by atoms with Crippen LogP contribution in [0.2, 0.25) is 0 Å². The number of benzene rings is 1. The number of carbonyl (C=O) groups is 1. The molecule has 1 heterocycles. The van der Waals surface area contributed by atoms with E-state index in [0.29, 0.717) is 5.13 Å². The maximum Gasteiger partial charge on any atom is 0.264 e. The molecule has 0 radical (unpaired) electrons. The summed E-state index contributed by atoms with van der Waals surface area (Å²) in [4.78, 5) is 18.0. The van der Waals surface area contributed by atoms with E-state index in [1.807, 2.05) is 26.8 Å². The van der Waals surface area contributed by atoms with Gasteiger partial charge in [0.15, 0.2) is 11.7 Å². The van der Waals surface area contributed by atoms with Crippen LogP contribution < -0.4 is 10.1 Å². The average molecular weight is 330 g/mol. The minimum absolute atomic E-state index is 0.00931. The van der Waals surface area contributed by atoms with Crippen molar-refractivity contribution in [3.63, 3.8) is 0 Å². The Hall–Kier alpha value is -1.88. The lowest BCUT2D eigenvalue weighted by Gasteiger charge is -2.13. The number of anilines is 1. The Morgan fingerprint density at radius 2 is 1.96 bits per heavy atom. The summed E-state index contributed by atoms with van der Waals surface area (Å²) >= 11 is 1.60. The number of nitrogens with one attached hydrogen (secondary N) is 1. The number of nitrogens with zero attached hydrogens (tertiary/aromatic N) is 1. The number of ether oxygens (including phenoxy) is 1. The second kappa shape index (κ2) is 6.71. The van der Waals surface area contributed by atoms with Gasteiger partial charge in [-0.05, 0) is 63.1 Å². The number of aryl methyl sites for hydroxylation is 4. The predicted molar refractivity (Wildman–Crippen MR) is 93.5 cm³/mol. The van der Waals surface area contributed by atoms with Crippen LogP contribution >= 0.6 is 11.3 Å². The molecule has 0 saturated carbocycles. The molecule has 1 amide bonds. The fourth-order valence-corrected chi connectivity index (χ4v) is 3.91. The van der Waals surface area contributed by atoms with Crippen LogP contribution in [-0.2, 0) is 17.6 Å². The summed E-state index contributed by atoms with van der Waals surface area (Å²) in [5.41, 5.74) is 4.45. The predicted octanol–water partition coefficient (Wildman–Crippen LogP) is 3.96. The van der Waals surface area contributed by atoms with Gasteiger partial charge in [-0.15, -0.1) is 11.3 Å². The van der Waals surface area contributed by atoms with Crippen molar-refractivity contribution >= 4 is 22.4 Å². The Morgan fingerprint density at radius 3 is 2.74 bits per heavy atom. The van der Waals surface area contributed by atoms with Gasteiger partial charge in [-0.2, -0.15) is 0 Å². The van der Waals surface area contributed by atoms with Gasteiger partial charge in [-0.3, -0.25) is 10.1 Å². The third-order valence-electron chi connectivity index (χ3n) is 4.31. The van der Waals surface area contributed by atoms with Crippen LogP contribution in [0.5, 0.6) is 5.75 Å². The second-order valence-corrected chi connectivity index (χ2v) is 7.17. The van der Waals surface area contributed by atoms with E-state index in [-0.39, 0.29) is 12.5 Å². The maximum atomic E-state index is 12.1. The third-order valence-corrected chi connectivity index (χ3v) is 5.39. The van der Waals surface area contributed by atoms with E-state index in [4.69, 9.17) is 4.74 Å². The summed E-state index contributed by atoms with van der Waals surface area (Å²) in [6.07, 6.45) is 4.53. The maximum absolute atomic E-state index is 12.1. The van der Waals surface area contributed by atoms with Crippen molar-refractivity contribution in [2.45, 2.75) is 46.5 Å². The summed E-state index contributed by atoms with van der Waals surface area (Å²) in [5, 5.41) is 3.56. The van der Waals surface area contributed by atoms with Gasteiger partial charge in [0.05, 0.1) is 5.69 Å². The van der Waals surface area contributed by atoms with E-state index in [2.05, 4.69) is 16.4 Å². The SMILES string of the molecule is Cc1ccc(C)c(OCC(=O)Nc2nc3c(s2)CCCC3)c1C. The number of aromatic nitrogens is 1. The lowest BCUT2D eigenvalue weighted by Crippen LogP contribution is -2.20. The van der Waals surface area contributed by atoms with Crippen molar-refractivity contribution in [1.29, 1.82) is 0 Å². The normalized spacial score (nSPS) is 13.5. The molecule has 1 aromatic carbocycles. The molecule has 1 aliphatic carbocycles. The topological polar surface area (TPSA) is 51.2 Å². The average Bonchev–Trinajstić information content (AvgIpc) is 2.93. The van der Waals surface area contributed by atoms with Gasteiger partial charge in [0, 0.05) is 4.88 Å². The molecule has 3 rings (SSSR count). The van der Waals surface area contributed by atoms with Crippen LogP contribution in [0.3, 0.4) is 0 Å². The van der Waals surface area contributed by atoms with Crippen molar-refractivity contribution in [2.24, 2.45) is 0 Å². The Labute approximate surface area is 140 Å². The van der Waals surface area contributed by atoms with Crippen LogP contribution in [0, 0.1) is 20.8 Å². The van der Waals surface area contributed by atoms with Gasteiger partial charge < -0.3 is 4.74 Å². The van der Waals surface area contributed by atoms with Crippen molar-refractivity contribution in [3.05, 3.63) is 39.4 Å². The number of hydrogen-bond acceptors (Lipinski definition) is 4. The largest absolute Gasteiger partial charge is 0.483 e. The van der Waals surface area contributed by atoms with Gasteiger partial charge >= 0.3 is 0 Å². The fraction of sp³-hybridized carbons (Fsp3) is 0.444. The molecule has 1 aromatic heterocycles. The highest BCUT2D eigenvalue weighted by molar-refractivity contribution is 7.15. The smallest absolute Gasteiger partial charge is 0.264 e. The molecule has 0 atom stereocenters.